The first kappa shape index (κ1) is 17.2. The summed E-state index contributed by atoms with van der Waals surface area (Å²) in [6.07, 6.45) is 1.41. The van der Waals surface area contributed by atoms with Crippen LogP contribution in [-0.2, 0) is 17.6 Å². The summed E-state index contributed by atoms with van der Waals surface area (Å²) in [5.74, 6) is -0.221. The molecule has 0 aliphatic carbocycles. The summed E-state index contributed by atoms with van der Waals surface area (Å²) in [6.45, 7) is 2.11. The fourth-order valence-electron chi connectivity index (χ4n) is 2.46. The Labute approximate surface area is 150 Å². The number of benzene rings is 2. The summed E-state index contributed by atoms with van der Waals surface area (Å²) in [5, 5.41) is 16.4. The molecule has 6 heteroatoms. The van der Waals surface area contributed by atoms with Crippen LogP contribution in [0.2, 0.25) is 0 Å². The maximum atomic E-state index is 11.6. The largest absolute Gasteiger partial charge is 0.480 e. The third-order valence-electron chi connectivity index (χ3n) is 3.89. The molecular weight excluding hydrogens is 334 g/mol. The number of nitrogens with zero attached hydrogens (tertiary/aromatic N) is 2. The van der Waals surface area contributed by atoms with Crippen LogP contribution in [0.3, 0.4) is 0 Å². The molecule has 0 aliphatic heterocycles. The van der Waals surface area contributed by atoms with Crippen molar-refractivity contribution >= 4 is 17.7 Å². The fourth-order valence-corrected chi connectivity index (χ4v) is 3.33. The van der Waals surface area contributed by atoms with Gasteiger partial charge < -0.3 is 5.11 Å². The number of aliphatic carboxylic acids is 1. The minimum Gasteiger partial charge on any atom is -0.480 e. The summed E-state index contributed by atoms with van der Waals surface area (Å²) < 4.78 is 0. The van der Waals surface area contributed by atoms with Crippen molar-refractivity contribution in [1.82, 2.24) is 15.2 Å². The Hall–Kier alpha value is -2.60. The molecule has 1 unspecified atom stereocenters. The van der Waals surface area contributed by atoms with Crippen LogP contribution < -0.4 is 0 Å². The summed E-state index contributed by atoms with van der Waals surface area (Å²) in [4.78, 5) is 16.0. The molecule has 1 heterocycles. The highest BCUT2D eigenvalue weighted by Crippen LogP contribution is 2.25. The molecular formula is C19H19N3O2S. The third kappa shape index (κ3) is 4.48. The number of carboxylic acid groups (broad SMARTS) is 1. The van der Waals surface area contributed by atoms with Gasteiger partial charge in [0, 0.05) is 5.56 Å². The monoisotopic (exact) mass is 353 g/mol. The van der Waals surface area contributed by atoms with Crippen LogP contribution in [-0.4, -0.2) is 31.5 Å². The van der Waals surface area contributed by atoms with Gasteiger partial charge in [0.2, 0.25) is 5.16 Å². The lowest BCUT2D eigenvalue weighted by Crippen LogP contribution is -2.19. The predicted octanol–water partition coefficient (Wildman–Crippen LogP) is 3.82. The topological polar surface area (TPSA) is 78.9 Å². The van der Waals surface area contributed by atoms with Crippen LogP contribution in [0, 0.1) is 0 Å². The van der Waals surface area contributed by atoms with Gasteiger partial charge in [-0.2, -0.15) is 0 Å². The molecule has 0 fully saturated rings. The van der Waals surface area contributed by atoms with Crippen LogP contribution in [0.5, 0.6) is 0 Å². The first-order chi connectivity index (χ1) is 12.2. The normalized spacial score (nSPS) is 12.0. The number of rotatable bonds is 7. The predicted molar refractivity (Wildman–Crippen MR) is 98.6 cm³/mol. The molecule has 0 spiro atoms. The van der Waals surface area contributed by atoms with E-state index in [0.29, 0.717) is 17.4 Å². The lowest BCUT2D eigenvalue weighted by atomic mass is 10.1. The van der Waals surface area contributed by atoms with Crippen molar-refractivity contribution in [3.05, 3.63) is 65.7 Å². The lowest BCUT2D eigenvalue weighted by molar-refractivity contribution is -0.136. The first-order valence-corrected chi connectivity index (χ1v) is 8.98. The quantitative estimate of drug-likeness (QED) is 0.631. The van der Waals surface area contributed by atoms with Gasteiger partial charge in [0.25, 0.3) is 0 Å². The Balaban J connectivity index is 1.72. The van der Waals surface area contributed by atoms with Gasteiger partial charge in [-0.3, -0.25) is 9.89 Å². The number of aromatic nitrogens is 3. The molecule has 2 aromatic carbocycles. The molecule has 1 aromatic heterocycles. The summed E-state index contributed by atoms with van der Waals surface area (Å²) >= 11 is 1.16. The number of thioether (sulfide) groups is 1. The van der Waals surface area contributed by atoms with Gasteiger partial charge in [-0.15, -0.1) is 5.10 Å². The Morgan fingerprint density at radius 3 is 2.48 bits per heavy atom. The fraction of sp³-hybridized carbons (Fsp3) is 0.211. The van der Waals surface area contributed by atoms with E-state index in [-0.39, 0.29) is 0 Å². The van der Waals surface area contributed by atoms with Gasteiger partial charge >= 0.3 is 5.97 Å². The number of carboxylic acids is 1. The molecule has 25 heavy (non-hydrogen) atoms. The van der Waals surface area contributed by atoms with Crippen molar-refractivity contribution in [3.63, 3.8) is 0 Å². The van der Waals surface area contributed by atoms with Crippen molar-refractivity contribution in [2.24, 2.45) is 0 Å². The molecule has 0 amide bonds. The van der Waals surface area contributed by atoms with Crippen molar-refractivity contribution < 1.29 is 9.90 Å². The van der Waals surface area contributed by atoms with Crippen molar-refractivity contribution in [1.29, 1.82) is 0 Å². The van der Waals surface area contributed by atoms with E-state index in [1.165, 1.54) is 5.56 Å². The summed E-state index contributed by atoms with van der Waals surface area (Å²) in [7, 11) is 0. The average molecular weight is 353 g/mol. The molecule has 0 aliphatic rings. The molecule has 0 radical (unpaired) electrons. The van der Waals surface area contributed by atoms with Gasteiger partial charge in [0.15, 0.2) is 5.82 Å². The zero-order chi connectivity index (χ0) is 17.6. The molecule has 1 atom stereocenters. The standard InChI is InChI=1S/C19H19N3O2S/c1-2-13-8-10-15(11-9-13)17-20-19(22-21-17)25-16(18(23)24)12-14-6-4-3-5-7-14/h3-11,16H,2,12H2,1H3,(H,23,24)(H,20,21,22). The maximum absolute atomic E-state index is 11.6. The van der Waals surface area contributed by atoms with E-state index >= 15 is 0 Å². The molecule has 3 rings (SSSR count). The highest BCUT2D eigenvalue weighted by atomic mass is 32.2. The lowest BCUT2D eigenvalue weighted by Gasteiger charge is -2.09. The van der Waals surface area contributed by atoms with Crippen LogP contribution in [0.4, 0.5) is 0 Å². The Bertz CT molecular complexity index is 831. The zero-order valence-electron chi connectivity index (χ0n) is 13.8. The van der Waals surface area contributed by atoms with E-state index in [4.69, 9.17) is 0 Å². The highest BCUT2D eigenvalue weighted by molar-refractivity contribution is 8.00. The molecule has 5 nitrogen and oxygen atoms in total. The first-order valence-electron chi connectivity index (χ1n) is 8.11. The van der Waals surface area contributed by atoms with Crippen LogP contribution in [0.1, 0.15) is 18.1 Å². The van der Waals surface area contributed by atoms with E-state index in [2.05, 4.69) is 34.2 Å². The van der Waals surface area contributed by atoms with Crippen LogP contribution >= 0.6 is 11.8 Å². The van der Waals surface area contributed by atoms with E-state index < -0.39 is 11.2 Å². The van der Waals surface area contributed by atoms with E-state index in [1.54, 1.807) is 0 Å². The second-order valence-electron chi connectivity index (χ2n) is 5.65. The van der Waals surface area contributed by atoms with Gasteiger partial charge in [-0.05, 0) is 24.0 Å². The molecule has 0 saturated carbocycles. The second kappa shape index (κ2) is 7.98. The Kier molecular flexibility index (Phi) is 5.50. The van der Waals surface area contributed by atoms with Gasteiger partial charge in [-0.1, -0.05) is 73.3 Å². The number of H-pyrrole nitrogens is 1. The SMILES string of the molecule is CCc1ccc(-c2nc(SC(Cc3ccccc3)C(=O)O)n[nH]2)cc1. The van der Waals surface area contributed by atoms with Crippen LogP contribution in [0.25, 0.3) is 11.4 Å². The Morgan fingerprint density at radius 1 is 1.12 bits per heavy atom. The number of hydrogen-bond acceptors (Lipinski definition) is 4. The smallest absolute Gasteiger partial charge is 0.317 e. The molecule has 0 bridgehead atoms. The number of aryl methyl sites for hydroxylation is 1. The van der Waals surface area contributed by atoms with Crippen molar-refractivity contribution in [3.8, 4) is 11.4 Å². The minimum atomic E-state index is -0.868. The van der Waals surface area contributed by atoms with Crippen molar-refractivity contribution in [2.45, 2.75) is 30.2 Å². The van der Waals surface area contributed by atoms with Gasteiger partial charge in [0.1, 0.15) is 5.25 Å². The van der Waals surface area contributed by atoms with E-state index in [9.17, 15) is 9.90 Å². The number of carbonyl (C=O) groups is 1. The van der Waals surface area contributed by atoms with Gasteiger partial charge in [0.05, 0.1) is 0 Å². The van der Waals surface area contributed by atoms with Gasteiger partial charge in [-0.25, -0.2) is 4.98 Å². The zero-order valence-corrected chi connectivity index (χ0v) is 14.7. The van der Waals surface area contributed by atoms with Crippen molar-refractivity contribution in [2.75, 3.05) is 0 Å². The highest BCUT2D eigenvalue weighted by Gasteiger charge is 2.22. The second-order valence-corrected chi connectivity index (χ2v) is 6.82. The number of nitrogens with one attached hydrogen (secondary N) is 1. The molecule has 3 aromatic rings. The maximum Gasteiger partial charge on any atom is 0.317 e. The third-order valence-corrected chi connectivity index (χ3v) is 4.93. The van der Waals surface area contributed by atoms with E-state index in [0.717, 1.165) is 29.3 Å². The Morgan fingerprint density at radius 2 is 1.84 bits per heavy atom. The molecule has 0 saturated heterocycles. The summed E-state index contributed by atoms with van der Waals surface area (Å²) in [6, 6.07) is 17.7. The van der Waals surface area contributed by atoms with Crippen LogP contribution in [0.15, 0.2) is 59.8 Å². The average Bonchev–Trinajstić information content (AvgIpc) is 3.10. The number of hydrogen-bond donors (Lipinski definition) is 2. The minimum absolute atomic E-state index is 0.426. The van der Waals surface area contributed by atoms with E-state index in [1.807, 2.05) is 42.5 Å². The molecule has 2 N–H and O–H groups in total. The number of aromatic amines is 1. The summed E-state index contributed by atoms with van der Waals surface area (Å²) in [5.41, 5.74) is 3.17. The molecule has 128 valence electrons.